The molecular weight excluding hydrogens is 388 g/mol. The van der Waals surface area contributed by atoms with Crippen LogP contribution in [0.25, 0.3) is 0 Å². The Labute approximate surface area is 174 Å². The Balaban J connectivity index is 1.67. The lowest BCUT2D eigenvalue weighted by molar-refractivity contribution is 0.102. The Bertz CT molecular complexity index is 926. The lowest BCUT2D eigenvalue weighted by atomic mass is 10.2. The van der Waals surface area contributed by atoms with E-state index < -0.39 is 0 Å². The number of carbonyl (C=O) groups is 1. The van der Waals surface area contributed by atoms with Gasteiger partial charge in [0.2, 0.25) is 0 Å². The molecule has 0 unspecified atom stereocenters. The van der Waals surface area contributed by atoms with Crippen molar-refractivity contribution in [1.29, 1.82) is 0 Å². The minimum atomic E-state index is -0.244. The molecule has 152 valence electrons. The lowest BCUT2D eigenvalue weighted by Crippen LogP contribution is -2.22. The van der Waals surface area contributed by atoms with E-state index >= 15 is 0 Å². The third-order valence-electron chi connectivity index (χ3n) is 4.38. The molecular formula is C21H24N4O3S. The van der Waals surface area contributed by atoms with E-state index in [0.717, 1.165) is 24.6 Å². The second-order valence-corrected chi connectivity index (χ2v) is 6.88. The van der Waals surface area contributed by atoms with Gasteiger partial charge in [-0.25, -0.2) is 9.97 Å². The number of methoxy groups -OCH3 is 1. The molecule has 0 saturated carbocycles. The van der Waals surface area contributed by atoms with Crippen LogP contribution in [0.2, 0.25) is 0 Å². The zero-order valence-electron chi connectivity index (χ0n) is 16.7. The minimum absolute atomic E-state index is 0.244. The summed E-state index contributed by atoms with van der Waals surface area (Å²) in [4.78, 5) is 23.4. The van der Waals surface area contributed by atoms with Crippen LogP contribution in [0.3, 0.4) is 0 Å². The molecule has 2 heterocycles. The molecule has 8 heteroatoms. The highest BCUT2D eigenvalue weighted by Gasteiger charge is 2.13. The molecule has 29 heavy (non-hydrogen) atoms. The fraction of sp³-hybridized carbons (Fsp3) is 0.286. The standard InChI is InChI=1S/C21H24N4O3S/c1-4-25(5-2)20-9-7-16(11-22-20)24-21(26)15-6-8-18(19(10-15)27-3)28-12-17-13-29-14-23-17/h6-11,13-14H,4-5,12H2,1-3H3,(H,24,26). The van der Waals surface area contributed by atoms with Gasteiger partial charge in [-0.15, -0.1) is 11.3 Å². The normalized spacial score (nSPS) is 10.4. The monoisotopic (exact) mass is 412 g/mol. The van der Waals surface area contributed by atoms with Gasteiger partial charge in [-0.3, -0.25) is 4.79 Å². The number of nitrogens with zero attached hydrogens (tertiary/aromatic N) is 3. The zero-order chi connectivity index (χ0) is 20.6. The molecule has 0 aliphatic rings. The van der Waals surface area contributed by atoms with Crippen molar-refractivity contribution in [3.8, 4) is 11.5 Å². The summed E-state index contributed by atoms with van der Waals surface area (Å²) < 4.78 is 11.1. The maximum Gasteiger partial charge on any atom is 0.255 e. The van der Waals surface area contributed by atoms with Crippen molar-refractivity contribution in [1.82, 2.24) is 9.97 Å². The summed E-state index contributed by atoms with van der Waals surface area (Å²) in [7, 11) is 1.54. The largest absolute Gasteiger partial charge is 0.493 e. The van der Waals surface area contributed by atoms with Crippen LogP contribution < -0.4 is 19.7 Å². The molecule has 0 radical (unpaired) electrons. The highest BCUT2D eigenvalue weighted by molar-refractivity contribution is 7.07. The van der Waals surface area contributed by atoms with Crippen molar-refractivity contribution in [2.75, 3.05) is 30.4 Å². The van der Waals surface area contributed by atoms with Gasteiger partial charge in [0.1, 0.15) is 12.4 Å². The van der Waals surface area contributed by atoms with Gasteiger partial charge in [0.15, 0.2) is 11.5 Å². The number of thiazole rings is 1. The van der Waals surface area contributed by atoms with Gasteiger partial charge in [-0.05, 0) is 44.2 Å². The molecule has 2 aromatic heterocycles. The van der Waals surface area contributed by atoms with Crippen molar-refractivity contribution < 1.29 is 14.3 Å². The number of nitrogens with one attached hydrogen (secondary N) is 1. The first-order valence-electron chi connectivity index (χ1n) is 9.34. The first-order valence-corrected chi connectivity index (χ1v) is 10.3. The highest BCUT2D eigenvalue weighted by atomic mass is 32.1. The number of hydrogen-bond acceptors (Lipinski definition) is 7. The number of benzene rings is 1. The van der Waals surface area contributed by atoms with Crippen molar-refractivity contribution in [3.63, 3.8) is 0 Å². The van der Waals surface area contributed by atoms with E-state index in [1.807, 2.05) is 17.5 Å². The third-order valence-corrected chi connectivity index (χ3v) is 5.01. The molecule has 0 fully saturated rings. The van der Waals surface area contributed by atoms with E-state index in [2.05, 4.69) is 34.0 Å². The number of anilines is 2. The highest BCUT2D eigenvalue weighted by Crippen LogP contribution is 2.29. The number of ether oxygens (including phenoxy) is 2. The fourth-order valence-electron chi connectivity index (χ4n) is 2.79. The summed E-state index contributed by atoms with van der Waals surface area (Å²) in [5, 5.41) is 4.79. The predicted octanol–water partition coefficient (Wildman–Crippen LogP) is 4.22. The van der Waals surface area contributed by atoms with Crippen LogP contribution >= 0.6 is 11.3 Å². The van der Waals surface area contributed by atoms with Gasteiger partial charge in [0, 0.05) is 24.0 Å². The molecule has 0 atom stereocenters. The quantitative estimate of drug-likeness (QED) is 0.567. The lowest BCUT2D eigenvalue weighted by Gasteiger charge is -2.19. The predicted molar refractivity (Wildman–Crippen MR) is 115 cm³/mol. The zero-order valence-corrected chi connectivity index (χ0v) is 17.5. The van der Waals surface area contributed by atoms with Crippen molar-refractivity contribution in [2.45, 2.75) is 20.5 Å². The van der Waals surface area contributed by atoms with Crippen LogP contribution in [-0.2, 0) is 6.61 Å². The Kier molecular flexibility index (Phi) is 7.02. The molecule has 1 aromatic carbocycles. The Morgan fingerprint density at radius 2 is 1.97 bits per heavy atom. The van der Waals surface area contributed by atoms with E-state index in [0.29, 0.717) is 29.4 Å². The summed E-state index contributed by atoms with van der Waals surface area (Å²) in [5.41, 5.74) is 3.70. The van der Waals surface area contributed by atoms with E-state index in [9.17, 15) is 4.79 Å². The maximum atomic E-state index is 12.6. The maximum absolute atomic E-state index is 12.6. The van der Waals surface area contributed by atoms with Crippen LogP contribution in [0.1, 0.15) is 29.9 Å². The van der Waals surface area contributed by atoms with Gasteiger partial charge in [0.25, 0.3) is 5.91 Å². The van der Waals surface area contributed by atoms with Crippen LogP contribution in [0.4, 0.5) is 11.5 Å². The molecule has 0 spiro atoms. The second kappa shape index (κ2) is 9.88. The van der Waals surface area contributed by atoms with Crippen LogP contribution in [-0.4, -0.2) is 36.1 Å². The molecule has 1 N–H and O–H groups in total. The molecule has 0 aliphatic heterocycles. The molecule has 7 nitrogen and oxygen atoms in total. The number of carbonyl (C=O) groups excluding carboxylic acids is 1. The average Bonchev–Trinajstić information content (AvgIpc) is 3.28. The smallest absolute Gasteiger partial charge is 0.255 e. The third kappa shape index (κ3) is 5.23. The van der Waals surface area contributed by atoms with E-state index in [1.54, 1.807) is 37.0 Å². The number of rotatable bonds is 9. The Morgan fingerprint density at radius 3 is 2.59 bits per heavy atom. The molecule has 0 bridgehead atoms. The number of aromatic nitrogens is 2. The summed E-state index contributed by atoms with van der Waals surface area (Å²) in [6.07, 6.45) is 1.66. The van der Waals surface area contributed by atoms with E-state index in [-0.39, 0.29) is 5.91 Å². The van der Waals surface area contributed by atoms with Gasteiger partial charge < -0.3 is 19.7 Å². The number of hydrogen-bond donors (Lipinski definition) is 1. The summed E-state index contributed by atoms with van der Waals surface area (Å²) in [6, 6.07) is 8.83. The van der Waals surface area contributed by atoms with Crippen molar-refractivity contribution in [2.24, 2.45) is 0 Å². The van der Waals surface area contributed by atoms with Crippen LogP contribution in [0, 0.1) is 0 Å². The topological polar surface area (TPSA) is 76.6 Å². The number of amides is 1. The fourth-order valence-corrected chi connectivity index (χ4v) is 3.33. The second-order valence-electron chi connectivity index (χ2n) is 6.17. The summed E-state index contributed by atoms with van der Waals surface area (Å²) in [5.74, 6) is 1.69. The Morgan fingerprint density at radius 1 is 1.14 bits per heavy atom. The van der Waals surface area contributed by atoms with Crippen molar-refractivity contribution in [3.05, 3.63) is 58.7 Å². The van der Waals surface area contributed by atoms with Crippen molar-refractivity contribution >= 4 is 28.7 Å². The minimum Gasteiger partial charge on any atom is -0.493 e. The molecule has 3 aromatic rings. The van der Waals surface area contributed by atoms with Crippen LogP contribution in [0.15, 0.2) is 47.4 Å². The summed E-state index contributed by atoms with van der Waals surface area (Å²) in [6.45, 7) is 6.27. The number of pyridine rings is 1. The van der Waals surface area contributed by atoms with Gasteiger partial charge in [-0.1, -0.05) is 0 Å². The molecule has 3 rings (SSSR count). The first kappa shape index (κ1) is 20.6. The van der Waals surface area contributed by atoms with Gasteiger partial charge in [0.05, 0.1) is 30.2 Å². The average molecular weight is 413 g/mol. The molecule has 0 aliphatic carbocycles. The van der Waals surface area contributed by atoms with Gasteiger partial charge >= 0.3 is 0 Å². The van der Waals surface area contributed by atoms with Gasteiger partial charge in [-0.2, -0.15) is 0 Å². The molecule has 1 amide bonds. The van der Waals surface area contributed by atoms with Crippen LogP contribution in [0.5, 0.6) is 11.5 Å². The first-order chi connectivity index (χ1) is 14.1. The molecule has 0 saturated heterocycles. The van der Waals surface area contributed by atoms with E-state index in [4.69, 9.17) is 9.47 Å². The summed E-state index contributed by atoms with van der Waals surface area (Å²) >= 11 is 1.51. The van der Waals surface area contributed by atoms with E-state index in [1.165, 1.54) is 11.3 Å². The SMILES string of the molecule is CCN(CC)c1ccc(NC(=O)c2ccc(OCc3cscn3)c(OC)c2)cn1. The Hall–Kier alpha value is -3.13.